The highest BCUT2D eigenvalue weighted by atomic mass is 79.9. The first-order valence-corrected chi connectivity index (χ1v) is 6.29. The Labute approximate surface area is 108 Å². The van der Waals surface area contributed by atoms with Crippen molar-refractivity contribution in [3.05, 3.63) is 16.0 Å². The maximum absolute atomic E-state index is 11.6. The van der Waals surface area contributed by atoms with Crippen LogP contribution in [-0.4, -0.2) is 27.2 Å². The zero-order valence-corrected chi connectivity index (χ0v) is 11.4. The van der Waals surface area contributed by atoms with Gasteiger partial charge in [0.1, 0.15) is 5.15 Å². The molecule has 0 N–H and O–H groups in total. The van der Waals surface area contributed by atoms with Gasteiger partial charge in [-0.25, -0.2) is 9.97 Å². The van der Waals surface area contributed by atoms with Gasteiger partial charge in [0.05, 0.1) is 6.20 Å². The van der Waals surface area contributed by atoms with Crippen LogP contribution in [-0.2, 0) is 4.79 Å². The normalized spacial score (nSPS) is 21.1. The van der Waals surface area contributed by atoms with Crippen LogP contribution in [0.5, 0.6) is 0 Å². The molecule has 15 heavy (non-hydrogen) atoms. The molecule has 7 heteroatoms. The van der Waals surface area contributed by atoms with E-state index in [0.717, 1.165) is 0 Å². The first-order chi connectivity index (χ1) is 7.08. The van der Waals surface area contributed by atoms with Crippen molar-refractivity contribution in [1.29, 1.82) is 0 Å². The summed E-state index contributed by atoms with van der Waals surface area (Å²) in [4.78, 5) is 21.4. The Hall–Kier alpha value is -0.200. The molecule has 1 aromatic rings. The molecule has 1 fully saturated rings. The maximum atomic E-state index is 11.6. The molecule has 2 heterocycles. The first-order valence-electron chi connectivity index (χ1n) is 4.20. The average molecular weight is 355 g/mol. The summed E-state index contributed by atoms with van der Waals surface area (Å²) in [5.74, 6) is 0.556. The van der Waals surface area contributed by atoms with Crippen LogP contribution < -0.4 is 4.90 Å². The highest BCUT2D eigenvalue weighted by molar-refractivity contribution is 9.10. The largest absolute Gasteiger partial charge is 0.293 e. The number of nitrogens with zero attached hydrogens (tertiary/aromatic N) is 3. The van der Waals surface area contributed by atoms with Crippen molar-refractivity contribution in [2.24, 2.45) is 0 Å². The number of aromatic nitrogens is 2. The van der Waals surface area contributed by atoms with E-state index >= 15 is 0 Å². The molecule has 1 aromatic heterocycles. The number of amides is 1. The lowest BCUT2D eigenvalue weighted by Crippen LogP contribution is -2.26. The molecule has 1 aliphatic rings. The highest BCUT2D eigenvalue weighted by Crippen LogP contribution is 2.28. The van der Waals surface area contributed by atoms with Crippen molar-refractivity contribution < 1.29 is 4.79 Å². The van der Waals surface area contributed by atoms with E-state index in [4.69, 9.17) is 11.6 Å². The van der Waals surface area contributed by atoms with Crippen molar-refractivity contribution in [2.75, 3.05) is 11.4 Å². The lowest BCUT2D eigenvalue weighted by Gasteiger charge is -2.15. The summed E-state index contributed by atoms with van der Waals surface area (Å²) in [5, 5.41) is 0.299. The van der Waals surface area contributed by atoms with E-state index in [0.29, 0.717) is 28.5 Å². The Morgan fingerprint density at radius 1 is 1.60 bits per heavy atom. The van der Waals surface area contributed by atoms with Gasteiger partial charge in [-0.05, 0) is 15.9 Å². The third-order valence-electron chi connectivity index (χ3n) is 2.02. The second-order valence-electron chi connectivity index (χ2n) is 3.11. The van der Waals surface area contributed by atoms with Gasteiger partial charge >= 0.3 is 0 Å². The Morgan fingerprint density at radius 2 is 2.33 bits per heavy atom. The van der Waals surface area contributed by atoms with E-state index in [-0.39, 0.29) is 10.7 Å². The molecule has 1 aliphatic heterocycles. The monoisotopic (exact) mass is 353 g/mol. The highest BCUT2D eigenvalue weighted by Gasteiger charge is 2.31. The fraction of sp³-hybridized carbons (Fsp3) is 0.375. The Bertz CT molecular complexity index is 415. The lowest BCUT2D eigenvalue weighted by atomic mass is 10.4. The van der Waals surface area contributed by atoms with Gasteiger partial charge in [0.15, 0.2) is 10.4 Å². The van der Waals surface area contributed by atoms with E-state index in [1.807, 2.05) is 0 Å². The topological polar surface area (TPSA) is 46.1 Å². The molecule has 0 aromatic carbocycles. The molecular formula is C8H6Br2ClN3O. The Balaban J connectivity index is 2.34. The van der Waals surface area contributed by atoms with Gasteiger partial charge in [-0.2, -0.15) is 0 Å². The summed E-state index contributed by atoms with van der Waals surface area (Å²) in [6, 6.07) is 0. The second kappa shape index (κ2) is 4.35. The number of halogens is 3. The number of carbonyl (C=O) groups excluding carboxylic acids is 1. The molecular weight excluding hydrogens is 349 g/mol. The molecule has 1 unspecified atom stereocenters. The maximum Gasteiger partial charge on any atom is 0.229 e. The summed E-state index contributed by atoms with van der Waals surface area (Å²) < 4.78 is 0.491. The fourth-order valence-electron chi connectivity index (χ4n) is 1.39. The number of hydrogen-bond acceptors (Lipinski definition) is 3. The molecule has 0 aliphatic carbocycles. The second-order valence-corrected chi connectivity index (χ2v) is 5.55. The SMILES string of the molecule is O=C1CC(Br)CN1c1ncc(Cl)nc1Br. The third-order valence-corrected chi connectivity index (χ3v) is 3.34. The third kappa shape index (κ3) is 2.32. The van der Waals surface area contributed by atoms with E-state index in [1.165, 1.54) is 6.20 Å². The van der Waals surface area contributed by atoms with Crippen molar-refractivity contribution in [3.63, 3.8) is 0 Å². The van der Waals surface area contributed by atoms with E-state index in [2.05, 4.69) is 41.8 Å². The number of rotatable bonds is 1. The molecule has 80 valence electrons. The van der Waals surface area contributed by atoms with Crippen LogP contribution >= 0.6 is 43.5 Å². The Morgan fingerprint density at radius 3 is 2.87 bits per heavy atom. The van der Waals surface area contributed by atoms with Gasteiger partial charge < -0.3 is 0 Å². The van der Waals surface area contributed by atoms with Crippen molar-refractivity contribution in [1.82, 2.24) is 9.97 Å². The Kier molecular flexibility index (Phi) is 3.27. The molecule has 1 amide bonds. The minimum Gasteiger partial charge on any atom is -0.293 e. The molecule has 1 atom stereocenters. The predicted molar refractivity (Wildman–Crippen MR) is 64.4 cm³/mol. The molecule has 0 radical (unpaired) electrons. The van der Waals surface area contributed by atoms with Gasteiger partial charge in [-0.15, -0.1) is 0 Å². The van der Waals surface area contributed by atoms with Gasteiger partial charge in [0, 0.05) is 17.8 Å². The lowest BCUT2D eigenvalue weighted by molar-refractivity contribution is -0.117. The summed E-state index contributed by atoms with van der Waals surface area (Å²) in [6.45, 7) is 0.605. The van der Waals surface area contributed by atoms with E-state index in [1.54, 1.807) is 4.90 Å². The molecule has 1 saturated heterocycles. The minimum absolute atomic E-state index is 0.0363. The predicted octanol–water partition coefficient (Wildman–Crippen LogP) is 2.39. The molecule has 0 spiro atoms. The van der Waals surface area contributed by atoms with E-state index < -0.39 is 0 Å². The van der Waals surface area contributed by atoms with Crippen LogP contribution in [0.3, 0.4) is 0 Å². The molecule has 0 saturated carbocycles. The standard InChI is InChI=1S/C8H6Br2ClN3O/c9-4-1-6(15)14(3-4)8-7(10)13-5(11)2-12-8/h2,4H,1,3H2. The summed E-state index contributed by atoms with van der Waals surface area (Å²) in [6.07, 6.45) is 1.91. The molecule has 4 nitrogen and oxygen atoms in total. The van der Waals surface area contributed by atoms with Crippen molar-refractivity contribution >= 4 is 55.2 Å². The van der Waals surface area contributed by atoms with Crippen LogP contribution in [0.4, 0.5) is 5.82 Å². The summed E-state index contributed by atoms with van der Waals surface area (Å²) in [7, 11) is 0. The van der Waals surface area contributed by atoms with E-state index in [9.17, 15) is 4.79 Å². The minimum atomic E-state index is 0.0363. The number of hydrogen-bond donors (Lipinski definition) is 0. The zero-order valence-electron chi connectivity index (χ0n) is 7.45. The van der Waals surface area contributed by atoms with Crippen molar-refractivity contribution in [2.45, 2.75) is 11.2 Å². The molecule has 2 rings (SSSR count). The first kappa shape index (κ1) is 11.3. The smallest absolute Gasteiger partial charge is 0.229 e. The molecule has 0 bridgehead atoms. The summed E-state index contributed by atoms with van der Waals surface area (Å²) >= 11 is 12.3. The number of anilines is 1. The zero-order chi connectivity index (χ0) is 11.0. The van der Waals surface area contributed by atoms with Crippen LogP contribution in [0.1, 0.15) is 6.42 Å². The quantitative estimate of drug-likeness (QED) is 0.727. The van der Waals surface area contributed by atoms with Gasteiger partial charge in [0.2, 0.25) is 5.91 Å². The van der Waals surface area contributed by atoms with Crippen LogP contribution in [0.15, 0.2) is 10.8 Å². The summed E-state index contributed by atoms with van der Waals surface area (Å²) in [5.41, 5.74) is 0. The number of carbonyl (C=O) groups is 1. The van der Waals surface area contributed by atoms with Crippen LogP contribution in [0.2, 0.25) is 5.15 Å². The van der Waals surface area contributed by atoms with Gasteiger partial charge in [0.25, 0.3) is 0 Å². The van der Waals surface area contributed by atoms with Crippen LogP contribution in [0.25, 0.3) is 0 Å². The fourth-order valence-corrected chi connectivity index (χ4v) is 2.70. The van der Waals surface area contributed by atoms with Gasteiger partial charge in [-0.3, -0.25) is 9.69 Å². The average Bonchev–Trinajstić information content (AvgIpc) is 2.45. The number of alkyl halides is 1. The van der Waals surface area contributed by atoms with Crippen LogP contribution in [0, 0.1) is 0 Å². The van der Waals surface area contributed by atoms with Crippen molar-refractivity contribution in [3.8, 4) is 0 Å². The van der Waals surface area contributed by atoms with Gasteiger partial charge in [-0.1, -0.05) is 27.5 Å².